The first-order valence-corrected chi connectivity index (χ1v) is 13.5. The molecule has 0 unspecified atom stereocenters. The number of carbonyl (C=O) groups is 1. The zero-order valence-corrected chi connectivity index (χ0v) is 24.9. The molecule has 0 aliphatic carbocycles. The second-order valence-electron chi connectivity index (χ2n) is 9.06. The molecule has 4 rings (SSSR count). The largest absolute Gasteiger partial charge is 0.461 e. The van der Waals surface area contributed by atoms with Gasteiger partial charge in [-0.25, -0.2) is 4.79 Å². The van der Waals surface area contributed by atoms with E-state index in [1.54, 1.807) is 25.5 Å². The van der Waals surface area contributed by atoms with Crippen LogP contribution in [0, 0.1) is 13.8 Å². The van der Waals surface area contributed by atoms with Gasteiger partial charge in [0.05, 0.1) is 45.7 Å². The Bertz CT molecular complexity index is 1330. The lowest BCUT2D eigenvalue weighted by atomic mass is 10.0. The van der Waals surface area contributed by atoms with Crippen molar-refractivity contribution >= 4 is 37.8 Å². The Kier molecular flexibility index (Phi) is 9.87. The minimum Gasteiger partial charge on any atom is -0.461 e. The van der Waals surface area contributed by atoms with Gasteiger partial charge in [-0.05, 0) is 77.6 Å². The number of carbonyl (C=O) groups excluding carboxylic acids is 1. The first-order chi connectivity index (χ1) is 17.5. The van der Waals surface area contributed by atoms with Crippen molar-refractivity contribution < 1.29 is 14.6 Å². The summed E-state index contributed by atoms with van der Waals surface area (Å²) >= 11 is 6.91. The topological polar surface area (TPSA) is 82.2 Å². The molecule has 0 aliphatic heterocycles. The van der Waals surface area contributed by atoms with Gasteiger partial charge >= 0.3 is 5.97 Å². The number of hydrogen-bond donors (Lipinski definition) is 1. The third-order valence-corrected chi connectivity index (χ3v) is 7.41. The number of aliphatic hydroxyl groups is 1. The zero-order chi connectivity index (χ0) is 27.2. The lowest BCUT2D eigenvalue weighted by Crippen LogP contribution is -2.22. The molecule has 0 radical (unpaired) electrons. The fourth-order valence-electron chi connectivity index (χ4n) is 3.84. The van der Waals surface area contributed by atoms with Crippen LogP contribution < -0.4 is 0 Å². The van der Waals surface area contributed by atoms with Crippen molar-refractivity contribution in [1.82, 2.24) is 19.6 Å². The van der Waals surface area contributed by atoms with E-state index in [9.17, 15) is 9.90 Å². The molecule has 2 heterocycles. The van der Waals surface area contributed by atoms with E-state index in [2.05, 4.69) is 54.2 Å². The Balaban J connectivity index is 0.000000206. The lowest BCUT2D eigenvalue weighted by molar-refractivity contribution is 0.0511. The summed E-state index contributed by atoms with van der Waals surface area (Å²) in [4.78, 5) is 12.0. The summed E-state index contributed by atoms with van der Waals surface area (Å²) in [6, 6.07) is 20.0. The Morgan fingerprint density at radius 2 is 1.32 bits per heavy atom. The second kappa shape index (κ2) is 12.7. The van der Waals surface area contributed by atoms with Crippen molar-refractivity contribution in [3.8, 4) is 0 Å². The zero-order valence-electron chi connectivity index (χ0n) is 21.7. The minimum atomic E-state index is -0.922. The molecule has 4 aromatic rings. The molecular formula is C28H32Br2N4O3. The fourth-order valence-corrected chi connectivity index (χ4v) is 5.05. The maximum Gasteiger partial charge on any atom is 0.357 e. The van der Waals surface area contributed by atoms with Crippen molar-refractivity contribution in [2.45, 2.75) is 53.3 Å². The van der Waals surface area contributed by atoms with Crippen LogP contribution in [0.4, 0.5) is 0 Å². The summed E-state index contributed by atoms with van der Waals surface area (Å²) in [5.41, 5.74) is 4.27. The molecule has 196 valence electrons. The van der Waals surface area contributed by atoms with Gasteiger partial charge in [0, 0.05) is 0 Å². The number of rotatable bonds is 7. The number of esters is 1. The van der Waals surface area contributed by atoms with Crippen LogP contribution in [0.5, 0.6) is 0 Å². The van der Waals surface area contributed by atoms with E-state index < -0.39 is 5.60 Å². The van der Waals surface area contributed by atoms with Crippen molar-refractivity contribution in [3.05, 3.63) is 104 Å². The molecule has 1 N–H and O–H groups in total. The standard InChI is InChI=1S/C14H15BrN2O2.C14H17BrN2O/c1-3-19-14(18)13-12(15)10(2)16-17(13)9-11-7-5-4-6-8-11;1-10-12(15)13(14(2,3)18)17(16-10)9-11-7-5-4-6-8-11/h4-8H,3,9H2,1-2H3;4-8,18H,9H2,1-3H3. The molecule has 0 amide bonds. The highest BCUT2D eigenvalue weighted by molar-refractivity contribution is 9.10. The SMILES string of the molecule is CCOC(=O)c1c(Br)c(C)nn1Cc1ccccc1.Cc1nn(Cc2ccccc2)c(C(C)(C)O)c1Br. The number of benzene rings is 2. The molecule has 0 fully saturated rings. The minimum absolute atomic E-state index is 0.348. The molecule has 0 spiro atoms. The highest BCUT2D eigenvalue weighted by Gasteiger charge is 2.27. The monoisotopic (exact) mass is 630 g/mol. The normalized spacial score (nSPS) is 11.1. The van der Waals surface area contributed by atoms with E-state index >= 15 is 0 Å². The number of halogens is 2. The number of ether oxygens (including phenoxy) is 1. The quantitative estimate of drug-likeness (QED) is 0.238. The van der Waals surface area contributed by atoms with Gasteiger partial charge in [0.1, 0.15) is 5.60 Å². The number of aryl methyl sites for hydroxylation is 2. The van der Waals surface area contributed by atoms with Gasteiger partial charge in [-0.15, -0.1) is 0 Å². The Morgan fingerprint density at radius 1 is 0.865 bits per heavy atom. The number of hydrogen-bond acceptors (Lipinski definition) is 5. The van der Waals surface area contributed by atoms with E-state index in [0.717, 1.165) is 32.7 Å². The van der Waals surface area contributed by atoms with Crippen molar-refractivity contribution in [2.24, 2.45) is 0 Å². The summed E-state index contributed by atoms with van der Waals surface area (Å²) in [5.74, 6) is -0.356. The Labute approximate surface area is 234 Å². The summed E-state index contributed by atoms with van der Waals surface area (Å²) < 4.78 is 10.2. The number of aromatic nitrogens is 4. The summed E-state index contributed by atoms with van der Waals surface area (Å²) in [6.07, 6.45) is 0. The molecule has 2 aromatic carbocycles. The van der Waals surface area contributed by atoms with Crippen molar-refractivity contribution in [3.63, 3.8) is 0 Å². The molecule has 0 saturated carbocycles. The van der Waals surface area contributed by atoms with Crippen molar-refractivity contribution in [1.29, 1.82) is 0 Å². The van der Waals surface area contributed by atoms with Crippen LogP contribution in [0.15, 0.2) is 69.6 Å². The van der Waals surface area contributed by atoms with Crippen LogP contribution in [0.1, 0.15) is 59.5 Å². The lowest BCUT2D eigenvalue weighted by Gasteiger charge is -2.20. The third-order valence-electron chi connectivity index (χ3n) is 5.51. The fraction of sp³-hybridized carbons (Fsp3) is 0.321. The molecular weight excluding hydrogens is 600 g/mol. The van der Waals surface area contributed by atoms with Gasteiger partial charge in [0.2, 0.25) is 0 Å². The molecule has 0 atom stereocenters. The van der Waals surface area contributed by atoms with Gasteiger partial charge in [0.25, 0.3) is 0 Å². The summed E-state index contributed by atoms with van der Waals surface area (Å²) in [7, 11) is 0. The van der Waals surface area contributed by atoms with Crippen LogP contribution in [0.25, 0.3) is 0 Å². The van der Waals surface area contributed by atoms with Crippen LogP contribution in [-0.2, 0) is 23.4 Å². The Hall–Kier alpha value is -2.75. The van der Waals surface area contributed by atoms with E-state index in [4.69, 9.17) is 4.74 Å². The van der Waals surface area contributed by atoms with Crippen LogP contribution in [0.2, 0.25) is 0 Å². The molecule has 37 heavy (non-hydrogen) atoms. The van der Waals surface area contributed by atoms with E-state index in [-0.39, 0.29) is 5.97 Å². The first kappa shape index (κ1) is 28.8. The molecule has 0 saturated heterocycles. The van der Waals surface area contributed by atoms with Crippen LogP contribution >= 0.6 is 31.9 Å². The van der Waals surface area contributed by atoms with Crippen LogP contribution in [0.3, 0.4) is 0 Å². The van der Waals surface area contributed by atoms with E-state index in [1.807, 2.05) is 67.1 Å². The van der Waals surface area contributed by atoms with Crippen molar-refractivity contribution in [2.75, 3.05) is 6.61 Å². The number of nitrogens with zero attached hydrogens (tertiary/aromatic N) is 4. The van der Waals surface area contributed by atoms with E-state index in [1.165, 1.54) is 0 Å². The maximum absolute atomic E-state index is 12.0. The predicted octanol–water partition coefficient (Wildman–Crippen LogP) is 6.41. The smallest absolute Gasteiger partial charge is 0.357 e. The Morgan fingerprint density at radius 3 is 1.81 bits per heavy atom. The first-order valence-electron chi connectivity index (χ1n) is 12.0. The second-order valence-corrected chi connectivity index (χ2v) is 10.6. The molecule has 9 heteroatoms. The average molecular weight is 632 g/mol. The van der Waals surface area contributed by atoms with E-state index in [0.29, 0.717) is 29.9 Å². The molecule has 0 aliphatic rings. The summed E-state index contributed by atoms with van der Waals surface area (Å²) in [6.45, 7) is 10.7. The van der Waals surface area contributed by atoms with Gasteiger partial charge in [-0.3, -0.25) is 9.36 Å². The van der Waals surface area contributed by atoms with Gasteiger partial charge in [-0.2, -0.15) is 10.2 Å². The highest BCUT2D eigenvalue weighted by atomic mass is 79.9. The van der Waals surface area contributed by atoms with Gasteiger partial charge in [0.15, 0.2) is 5.69 Å². The summed E-state index contributed by atoms with van der Waals surface area (Å²) in [5, 5.41) is 19.1. The molecule has 7 nitrogen and oxygen atoms in total. The van der Waals surface area contributed by atoms with Gasteiger partial charge in [-0.1, -0.05) is 60.7 Å². The highest BCUT2D eigenvalue weighted by Crippen LogP contribution is 2.31. The average Bonchev–Trinajstić information content (AvgIpc) is 3.29. The maximum atomic E-state index is 12.0. The molecule has 2 aromatic heterocycles. The van der Waals surface area contributed by atoms with Crippen LogP contribution in [-0.4, -0.2) is 37.2 Å². The molecule has 0 bridgehead atoms. The van der Waals surface area contributed by atoms with Gasteiger partial charge < -0.3 is 9.84 Å². The predicted molar refractivity (Wildman–Crippen MR) is 152 cm³/mol. The third kappa shape index (κ3) is 7.40.